The van der Waals surface area contributed by atoms with Crippen molar-refractivity contribution in [1.82, 2.24) is 15.1 Å². The summed E-state index contributed by atoms with van der Waals surface area (Å²) in [5, 5.41) is 6.58. The number of hydrogen-bond donors (Lipinski definition) is 2. The number of amides is 1. The van der Waals surface area contributed by atoms with E-state index in [9.17, 15) is 4.79 Å². The van der Waals surface area contributed by atoms with Gasteiger partial charge in [-0.05, 0) is 20.8 Å². The lowest BCUT2D eigenvalue weighted by Gasteiger charge is -2.19. The number of anilines is 1. The van der Waals surface area contributed by atoms with E-state index in [-0.39, 0.29) is 0 Å². The summed E-state index contributed by atoms with van der Waals surface area (Å²) < 4.78 is 6.64. The Kier molecular flexibility index (Phi) is 3.41. The number of hydrogen-bond acceptors (Lipinski definition) is 4. The maximum Gasteiger partial charge on any atom is 0.407 e. The first-order valence-corrected chi connectivity index (χ1v) is 5.03. The third-order valence-electron chi connectivity index (χ3n) is 1.89. The number of nitrogens with zero attached hydrogens (tertiary/aromatic N) is 2. The molecule has 0 atom stereocenters. The van der Waals surface area contributed by atoms with Crippen LogP contribution in [0, 0.1) is 0 Å². The molecule has 6 heteroatoms. The van der Waals surface area contributed by atoms with Gasteiger partial charge in [0.2, 0.25) is 0 Å². The fourth-order valence-corrected chi connectivity index (χ4v) is 1.11. The molecule has 1 heterocycles. The molecule has 90 valence electrons. The van der Waals surface area contributed by atoms with Crippen LogP contribution >= 0.6 is 0 Å². The topological polar surface area (TPSA) is 82.2 Å². The summed E-state index contributed by atoms with van der Waals surface area (Å²) in [5.74, 6) is 0.538. The predicted molar refractivity (Wildman–Crippen MR) is 60.7 cm³/mol. The van der Waals surface area contributed by atoms with Crippen LogP contribution in [-0.4, -0.2) is 21.5 Å². The molecule has 0 fully saturated rings. The molecule has 1 aromatic heterocycles. The van der Waals surface area contributed by atoms with E-state index in [0.29, 0.717) is 12.4 Å². The largest absolute Gasteiger partial charge is 0.444 e. The Bertz CT molecular complexity index is 379. The molecule has 3 N–H and O–H groups in total. The fraction of sp³-hybridized carbons (Fsp3) is 0.600. The molecule has 0 saturated carbocycles. The van der Waals surface area contributed by atoms with Gasteiger partial charge in [0.25, 0.3) is 0 Å². The zero-order chi connectivity index (χ0) is 12.3. The molecule has 0 unspecified atom stereocenters. The SMILES string of the molecule is Cn1ncc(CNC(=O)OC(C)(C)C)c1N. The third-order valence-corrected chi connectivity index (χ3v) is 1.89. The Labute approximate surface area is 94.8 Å². The summed E-state index contributed by atoms with van der Waals surface area (Å²) in [5.41, 5.74) is 6.00. The van der Waals surface area contributed by atoms with Crippen LogP contribution in [0.1, 0.15) is 26.3 Å². The van der Waals surface area contributed by atoms with Gasteiger partial charge in [0.1, 0.15) is 11.4 Å². The molecule has 1 aromatic rings. The summed E-state index contributed by atoms with van der Waals surface area (Å²) >= 11 is 0. The molecule has 0 aliphatic rings. The van der Waals surface area contributed by atoms with Crippen LogP contribution in [0.25, 0.3) is 0 Å². The van der Waals surface area contributed by atoms with E-state index < -0.39 is 11.7 Å². The minimum Gasteiger partial charge on any atom is -0.444 e. The van der Waals surface area contributed by atoms with E-state index in [1.807, 2.05) is 20.8 Å². The molecule has 0 aromatic carbocycles. The highest BCUT2D eigenvalue weighted by Gasteiger charge is 2.16. The van der Waals surface area contributed by atoms with Crippen molar-refractivity contribution in [2.45, 2.75) is 32.9 Å². The van der Waals surface area contributed by atoms with Crippen LogP contribution in [0.5, 0.6) is 0 Å². The number of ether oxygens (including phenoxy) is 1. The van der Waals surface area contributed by atoms with Crippen molar-refractivity contribution in [1.29, 1.82) is 0 Å². The monoisotopic (exact) mass is 226 g/mol. The van der Waals surface area contributed by atoms with Crippen LogP contribution in [0.4, 0.5) is 10.6 Å². The third kappa shape index (κ3) is 3.45. The van der Waals surface area contributed by atoms with E-state index in [0.717, 1.165) is 5.56 Å². The minimum atomic E-state index is -0.495. The molecule has 0 aliphatic heterocycles. The Morgan fingerprint density at radius 2 is 2.25 bits per heavy atom. The zero-order valence-corrected chi connectivity index (χ0v) is 10.1. The highest BCUT2D eigenvalue weighted by atomic mass is 16.6. The Balaban J connectivity index is 2.47. The van der Waals surface area contributed by atoms with Crippen LogP contribution in [-0.2, 0) is 18.3 Å². The quantitative estimate of drug-likeness (QED) is 0.789. The van der Waals surface area contributed by atoms with Crippen molar-refractivity contribution in [3.63, 3.8) is 0 Å². The van der Waals surface area contributed by atoms with E-state index >= 15 is 0 Å². The summed E-state index contributed by atoms with van der Waals surface area (Å²) in [6, 6.07) is 0. The second kappa shape index (κ2) is 4.42. The van der Waals surface area contributed by atoms with E-state index in [4.69, 9.17) is 10.5 Å². The Hall–Kier alpha value is -1.72. The van der Waals surface area contributed by atoms with Gasteiger partial charge in [0.05, 0.1) is 12.7 Å². The molecular formula is C10H18N4O2. The van der Waals surface area contributed by atoms with Crippen molar-refractivity contribution in [3.05, 3.63) is 11.8 Å². The Morgan fingerprint density at radius 3 is 2.69 bits per heavy atom. The van der Waals surface area contributed by atoms with Gasteiger partial charge in [0, 0.05) is 12.6 Å². The molecule has 0 spiro atoms. The summed E-state index contributed by atoms with van der Waals surface area (Å²) in [7, 11) is 1.74. The molecule has 6 nitrogen and oxygen atoms in total. The first-order valence-electron chi connectivity index (χ1n) is 5.03. The number of carbonyl (C=O) groups excluding carboxylic acids is 1. The molecule has 1 rings (SSSR count). The van der Waals surface area contributed by atoms with Crippen molar-refractivity contribution in [2.75, 3.05) is 5.73 Å². The zero-order valence-electron chi connectivity index (χ0n) is 10.1. The molecule has 1 amide bonds. The van der Waals surface area contributed by atoms with Crippen LogP contribution < -0.4 is 11.1 Å². The maximum atomic E-state index is 11.3. The normalized spacial score (nSPS) is 11.2. The first-order chi connectivity index (χ1) is 7.29. The fourth-order valence-electron chi connectivity index (χ4n) is 1.11. The summed E-state index contributed by atoms with van der Waals surface area (Å²) in [4.78, 5) is 11.3. The standard InChI is InChI=1S/C10H18N4O2/c1-10(2,3)16-9(15)12-5-7-6-13-14(4)8(7)11/h6H,5,11H2,1-4H3,(H,12,15). The van der Waals surface area contributed by atoms with Gasteiger partial charge in [-0.15, -0.1) is 0 Å². The van der Waals surface area contributed by atoms with Gasteiger partial charge in [-0.3, -0.25) is 4.68 Å². The van der Waals surface area contributed by atoms with Gasteiger partial charge in [0.15, 0.2) is 0 Å². The van der Waals surface area contributed by atoms with Crippen molar-refractivity contribution < 1.29 is 9.53 Å². The number of rotatable bonds is 2. The molecule has 0 aliphatic carbocycles. The molecule has 0 radical (unpaired) electrons. The number of nitrogens with two attached hydrogens (primary N) is 1. The van der Waals surface area contributed by atoms with Crippen molar-refractivity contribution in [2.24, 2.45) is 7.05 Å². The smallest absolute Gasteiger partial charge is 0.407 e. The number of carbonyl (C=O) groups is 1. The number of aromatic nitrogens is 2. The predicted octanol–water partition coefficient (Wildman–Crippen LogP) is 1.03. The van der Waals surface area contributed by atoms with Crippen molar-refractivity contribution in [3.8, 4) is 0 Å². The summed E-state index contributed by atoms with van der Waals surface area (Å²) in [6.45, 7) is 5.75. The van der Waals surface area contributed by atoms with Crippen LogP contribution in [0.15, 0.2) is 6.20 Å². The number of nitrogens with one attached hydrogen (secondary N) is 1. The number of alkyl carbamates (subject to hydrolysis) is 1. The second-order valence-corrected chi connectivity index (χ2v) is 4.53. The lowest BCUT2D eigenvalue weighted by molar-refractivity contribution is 0.0523. The number of nitrogen functional groups attached to an aromatic ring is 1. The van der Waals surface area contributed by atoms with Crippen molar-refractivity contribution >= 4 is 11.9 Å². The average Bonchev–Trinajstić information content (AvgIpc) is 2.42. The van der Waals surface area contributed by atoms with Gasteiger partial charge in [-0.25, -0.2) is 4.79 Å². The minimum absolute atomic E-state index is 0.314. The molecule has 16 heavy (non-hydrogen) atoms. The maximum absolute atomic E-state index is 11.3. The first kappa shape index (κ1) is 12.4. The van der Waals surface area contributed by atoms with Gasteiger partial charge in [-0.2, -0.15) is 5.10 Å². The highest BCUT2D eigenvalue weighted by Crippen LogP contribution is 2.10. The average molecular weight is 226 g/mol. The lowest BCUT2D eigenvalue weighted by atomic mass is 10.2. The lowest BCUT2D eigenvalue weighted by Crippen LogP contribution is -2.32. The Morgan fingerprint density at radius 1 is 1.62 bits per heavy atom. The van der Waals surface area contributed by atoms with Gasteiger partial charge in [-0.1, -0.05) is 0 Å². The number of aryl methyl sites for hydroxylation is 1. The highest BCUT2D eigenvalue weighted by molar-refractivity contribution is 5.67. The molecular weight excluding hydrogens is 208 g/mol. The second-order valence-electron chi connectivity index (χ2n) is 4.53. The van der Waals surface area contributed by atoms with E-state index in [2.05, 4.69) is 10.4 Å². The van der Waals surface area contributed by atoms with Gasteiger partial charge >= 0.3 is 6.09 Å². The molecule has 0 bridgehead atoms. The van der Waals surface area contributed by atoms with Crippen LogP contribution in [0.2, 0.25) is 0 Å². The van der Waals surface area contributed by atoms with E-state index in [1.54, 1.807) is 17.9 Å². The van der Waals surface area contributed by atoms with Crippen LogP contribution in [0.3, 0.4) is 0 Å². The van der Waals surface area contributed by atoms with Gasteiger partial charge < -0.3 is 15.8 Å². The molecule has 0 saturated heterocycles. The summed E-state index contributed by atoms with van der Waals surface area (Å²) in [6.07, 6.45) is 1.16. The van der Waals surface area contributed by atoms with E-state index in [1.165, 1.54) is 0 Å².